The number of ether oxygens (including phenoxy) is 3. The van der Waals surface area contributed by atoms with E-state index in [4.69, 9.17) is 14.2 Å². The van der Waals surface area contributed by atoms with Crippen molar-refractivity contribution in [2.24, 2.45) is 4.99 Å². The molecule has 6 heteroatoms. The summed E-state index contributed by atoms with van der Waals surface area (Å²) in [6.07, 6.45) is 0. The molecule has 2 aromatic rings. The van der Waals surface area contributed by atoms with Crippen LogP contribution in [0.3, 0.4) is 0 Å². The second-order valence-corrected chi connectivity index (χ2v) is 6.19. The van der Waals surface area contributed by atoms with Crippen molar-refractivity contribution < 1.29 is 14.2 Å². The number of methoxy groups -OCH3 is 2. The van der Waals surface area contributed by atoms with Gasteiger partial charge in [0, 0.05) is 19.7 Å². The van der Waals surface area contributed by atoms with Crippen LogP contribution in [0.5, 0.6) is 11.5 Å². The van der Waals surface area contributed by atoms with Gasteiger partial charge in [0.2, 0.25) is 0 Å². The van der Waals surface area contributed by atoms with Gasteiger partial charge in [-0.25, -0.2) is 4.99 Å². The number of hydrogen-bond acceptors (Lipinski definition) is 4. The quantitative estimate of drug-likeness (QED) is 0.484. The Bertz CT molecular complexity index is 745. The molecule has 0 spiro atoms. The Kier molecular flexibility index (Phi) is 9.15. The molecule has 0 fully saturated rings. The molecule has 2 N–H and O–H groups in total. The van der Waals surface area contributed by atoms with Crippen LogP contribution in [0.1, 0.15) is 30.5 Å². The van der Waals surface area contributed by atoms with E-state index in [2.05, 4.69) is 46.8 Å². The number of guanidine groups is 1. The summed E-state index contributed by atoms with van der Waals surface area (Å²) in [6.45, 7) is 7.48. The SMILES string of the molecule is CCNC(=NCc1ccc(OC)c(OC)c1)NCc1ccc(COCC)cc1. The molecule has 0 aromatic heterocycles. The Balaban J connectivity index is 1.96. The van der Waals surface area contributed by atoms with Crippen LogP contribution in [0.4, 0.5) is 0 Å². The van der Waals surface area contributed by atoms with Crippen molar-refractivity contribution in [3.05, 3.63) is 59.2 Å². The lowest BCUT2D eigenvalue weighted by Gasteiger charge is -2.12. The molecule has 152 valence electrons. The lowest BCUT2D eigenvalue weighted by Crippen LogP contribution is -2.36. The van der Waals surface area contributed by atoms with Crippen molar-refractivity contribution in [1.82, 2.24) is 10.6 Å². The molecule has 0 aliphatic rings. The predicted molar refractivity (Wildman–Crippen MR) is 113 cm³/mol. The van der Waals surface area contributed by atoms with Gasteiger partial charge in [-0.15, -0.1) is 0 Å². The third-order valence-corrected chi connectivity index (χ3v) is 4.17. The largest absolute Gasteiger partial charge is 0.493 e. The zero-order valence-electron chi connectivity index (χ0n) is 17.2. The van der Waals surface area contributed by atoms with Crippen molar-refractivity contribution in [3.63, 3.8) is 0 Å². The van der Waals surface area contributed by atoms with Crippen LogP contribution in [0.25, 0.3) is 0 Å². The van der Waals surface area contributed by atoms with Crippen molar-refractivity contribution in [2.75, 3.05) is 27.4 Å². The van der Waals surface area contributed by atoms with Crippen LogP contribution >= 0.6 is 0 Å². The first kappa shape index (κ1) is 21.6. The number of aliphatic imine (C=N–C) groups is 1. The molecule has 0 saturated carbocycles. The maximum atomic E-state index is 5.43. The van der Waals surface area contributed by atoms with E-state index >= 15 is 0 Å². The summed E-state index contributed by atoms with van der Waals surface area (Å²) in [6, 6.07) is 14.3. The molecule has 2 aromatic carbocycles. The molecule has 0 radical (unpaired) electrons. The molecule has 0 saturated heterocycles. The van der Waals surface area contributed by atoms with E-state index in [-0.39, 0.29) is 0 Å². The van der Waals surface area contributed by atoms with Gasteiger partial charge in [-0.3, -0.25) is 0 Å². The highest BCUT2D eigenvalue weighted by Crippen LogP contribution is 2.27. The number of nitrogens with one attached hydrogen (secondary N) is 2. The minimum Gasteiger partial charge on any atom is -0.493 e. The molecule has 0 aliphatic heterocycles. The zero-order valence-corrected chi connectivity index (χ0v) is 17.2. The Morgan fingerprint density at radius 1 is 0.857 bits per heavy atom. The van der Waals surface area contributed by atoms with Crippen LogP contribution in [-0.2, 0) is 24.4 Å². The van der Waals surface area contributed by atoms with Gasteiger partial charge in [0.05, 0.1) is 27.4 Å². The number of benzene rings is 2. The lowest BCUT2D eigenvalue weighted by molar-refractivity contribution is 0.134. The third-order valence-electron chi connectivity index (χ3n) is 4.17. The fourth-order valence-corrected chi connectivity index (χ4v) is 2.65. The summed E-state index contributed by atoms with van der Waals surface area (Å²) in [4.78, 5) is 4.67. The predicted octanol–water partition coefficient (Wildman–Crippen LogP) is 3.50. The van der Waals surface area contributed by atoms with Crippen molar-refractivity contribution in [2.45, 2.75) is 33.5 Å². The van der Waals surface area contributed by atoms with Crippen molar-refractivity contribution >= 4 is 5.96 Å². The standard InChI is InChI=1S/C22H31N3O3/c1-5-23-22(24-14-17-7-9-18(10-8-17)16-28-6-2)25-15-19-11-12-20(26-3)21(13-19)27-4/h7-13H,5-6,14-16H2,1-4H3,(H2,23,24,25). The summed E-state index contributed by atoms with van der Waals surface area (Å²) in [5, 5.41) is 6.65. The topological polar surface area (TPSA) is 64.1 Å². The van der Waals surface area contributed by atoms with Gasteiger partial charge in [0.25, 0.3) is 0 Å². The maximum absolute atomic E-state index is 5.43. The van der Waals surface area contributed by atoms with E-state index in [0.717, 1.165) is 24.7 Å². The number of nitrogens with zero attached hydrogens (tertiary/aromatic N) is 1. The Morgan fingerprint density at radius 3 is 2.18 bits per heavy atom. The number of rotatable bonds is 10. The molecule has 6 nitrogen and oxygen atoms in total. The van der Waals surface area contributed by atoms with Gasteiger partial charge in [0.1, 0.15) is 0 Å². The first-order valence-corrected chi connectivity index (χ1v) is 9.58. The van der Waals surface area contributed by atoms with E-state index in [1.165, 1.54) is 11.1 Å². The Morgan fingerprint density at radius 2 is 1.54 bits per heavy atom. The molecule has 0 atom stereocenters. The highest BCUT2D eigenvalue weighted by molar-refractivity contribution is 5.79. The van der Waals surface area contributed by atoms with Crippen molar-refractivity contribution in [1.29, 1.82) is 0 Å². The van der Waals surface area contributed by atoms with Gasteiger partial charge >= 0.3 is 0 Å². The zero-order chi connectivity index (χ0) is 20.2. The second kappa shape index (κ2) is 11.9. The molecular weight excluding hydrogens is 354 g/mol. The normalized spacial score (nSPS) is 11.2. The van der Waals surface area contributed by atoms with E-state index in [1.807, 2.05) is 25.1 Å². The van der Waals surface area contributed by atoms with Gasteiger partial charge in [-0.1, -0.05) is 30.3 Å². The van der Waals surface area contributed by atoms with Crippen molar-refractivity contribution in [3.8, 4) is 11.5 Å². The molecule has 0 aliphatic carbocycles. The Hall–Kier alpha value is -2.73. The molecule has 0 bridgehead atoms. The lowest BCUT2D eigenvalue weighted by atomic mass is 10.1. The third kappa shape index (κ3) is 6.78. The molecule has 28 heavy (non-hydrogen) atoms. The van der Waals surface area contributed by atoms with Gasteiger partial charge in [-0.05, 0) is 42.7 Å². The first-order valence-electron chi connectivity index (χ1n) is 9.58. The van der Waals surface area contributed by atoms with Crippen LogP contribution < -0.4 is 20.1 Å². The van der Waals surface area contributed by atoms with Crippen LogP contribution in [0.15, 0.2) is 47.5 Å². The molecule has 0 amide bonds. The maximum Gasteiger partial charge on any atom is 0.191 e. The fraction of sp³-hybridized carbons (Fsp3) is 0.409. The van der Waals surface area contributed by atoms with E-state index in [1.54, 1.807) is 14.2 Å². The van der Waals surface area contributed by atoms with Crippen LogP contribution in [-0.4, -0.2) is 33.3 Å². The summed E-state index contributed by atoms with van der Waals surface area (Å²) >= 11 is 0. The van der Waals surface area contributed by atoms with E-state index in [0.29, 0.717) is 31.2 Å². The highest BCUT2D eigenvalue weighted by atomic mass is 16.5. The van der Waals surface area contributed by atoms with Gasteiger partial charge < -0.3 is 24.8 Å². The minimum atomic E-state index is 0.545. The molecule has 0 heterocycles. The fourth-order valence-electron chi connectivity index (χ4n) is 2.65. The highest BCUT2D eigenvalue weighted by Gasteiger charge is 2.05. The summed E-state index contributed by atoms with van der Waals surface area (Å²) in [5.41, 5.74) is 3.42. The van der Waals surface area contributed by atoms with E-state index < -0.39 is 0 Å². The summed E-state index contributed by atoms with van der Waals surface area (Å²) in [7, 11) is 3.27. The van der Waals surface area contributed by atoms with Gasteiger partial charge in [0.15, 0.2) is 17.5 Å². The monoisotopic (exact) mass is 385 g/mol. The van der Waals surface area contributed by atoms with E-state index in [9.17, 15) is 0 Å². The Labute approximate surface area is 167 Å². The molecule has 2 rings (SSSR count). The molecular formula is C22H31N3O3. The number of hydrogen-bond donors (Lipinski definition) is 2. The second-order valence-electron chi connectivity index (χ2n) is 6.19. The summed E-state index contributed by atoms with van der Waals surface area (Å²) < 4.78 is 16.1. The average Bonchev–Trinajstić information content (AvgIpc) is 2.74. The first-order chi connectivity index (χ1) is 13.7. The molecule has 0 unspecified atom stereocenters. The minimum absolute atomic E-state index is 0.545. The van der Waals surface area contributed by atoms with Gasteiger partial charge in [-0.2, -0.15) is 0 Å². The summed E-state index contributed by atoms with van der Waals surface area (Å²) in [5.74, 6) is 2.20. The average molecular weight is 386 g/mol. The van der Waals surface area contributed by atoms with Crippen LogP contribution in [0, 0.1) is 0 Å². The van der Waals surface area contributed by atoms with Crippen LogP contribution in [0.2, 0.25) is 0 Å². The smallest absolute Gasteiger partial charge is 0.191 e.